The number of carbonyl (C=O) groups is 2. The summed E-state index contributed by atoms with van der Waals surface area (Å²) >= 11 is 0. The molecule has 0 aliphatic heterocycles. The van der Waals surface area contributed by atoms with E-state index < -0.39 is 5.92 Å². The summed E-state index contributed by atoms with van der Waals surface area (Å²) in [5.74, 6) is -0.838. The van der Waals surface area contributed by atoms with Crippen LogP contribution < -0.4 is 0 Å². The molecule has 0 saturated carbocycles. The largest absolute Gasteiger partial charge is 0.299 e. The lowest BCUT2D eigenvalue weighted by Crippen LogP contribution is -2.16. The van der Waals surface area contributed by atoms with Crippen LogP contribution in [0.2, 0.25) is 0 Å². The Kier molecular flexibility index (Phi) is 3.98. The molecule has 78 valence electrons. The molecule has 1 rings (SSSR count). The molecule has 0 heterocycles. The van der Waals surface area contributed by atoms with Crippen LogP contribution in [0.5, 0.6) is 0 Å². The second-order valence-corrected chi connectivity index (χ2v) is 3.47. The standard InChI is InChI=1S/C13H14O2/c1-10(14)13(11(2)15)9-8-12-6-4-3-5-7-12/h3-9,13H,1-2H3/b9-8+. The lowest BCUT2D eigenvalue weighted by atomic mass is 9.99. The number of rotatable bonds is 4. The Morgan fingerprint density at radius 2 is 1.60 bits per heavy atom. The first-order chi connectivity index (χ1) is 7.11. The minimum absolute atomic E-state index is 0.116. The van der Waals surface area contributed by atoms with Crippen LogP contribution in [0.3, 0.4) is 0 Å². The molecule has 0 aliphatic rings. The Labute approximate surface area is 89.6 Å². The van der Waals surface area contributed by atoms with Gasteiger partial charge in [0.15, 0.2) is 0 Å². The first-order valence-electron chi connectivity index (χ1n) is 4.85. The van der Waals surface area contributed by atoms with E-state index in [4.69, 9.17) is 0 Å². The van der Waals surface area contributed by atoms with Crippen molar-refractivity contribution in [2.75, 3.05) is 0 Å². The van der Waals surface area contributed by atoms with E-state index in [1.54, 1.807) is 12.2 Å². The molecule has 0 atom stereocenters. The third-order valence-corrected chi connectivity index (χ3v) is 2.16. The van der Waals surface area contributed by atoms with Crippen molar-refractivity contribution in [1.29, 1.82) is 0 Å². The molecule has 0 unspecified atom stereocenters. The Morgan fingerprint density at radius 3 is 2.07 bits per heavy atom. The highest BCUT2D eigenvalue weighted by Gasteiger charge is 2.14. The van der Waals surface area contributed by atoms with Gasteiger partial charge in [-0.15, -0.1) is 0 Å². The number of Topliss-reactive ketones (excluding diaryl/α,β-unsaturated/α-hetero) is 2. The fourth-order valence-electron chi connectivity index (χ4n) is 1.33. The van der Waals surface area contributed by atoms with Crippen molar-refractivity contribution >= 4 is 17.6 Å². The maximum atomic E-state index is 11.1. The van der Waals surface area contributed by atoms with Gasteiger partial charge in [-0.05, 0) is 19.4 Å². The summed E-state index contributed by atoms with van der Waals surface area (Å²) in [6.45, 7) is 2.86. The van der Waals surface area contributed by atoms with E-state index in [-0.39, 0.29) is 11.6 Å². The van der Waals surface area contributed by atoms with Crippen LogP contribution in [-0.4, -0.2) is 11.6 Å². The van der Waals surface area contributed by atoms with Crippen molar-refractivity contribution in [2.45, 2.75) is 13.8 Å². The van der Waals surface area contributed by atoms with Crippen molar-refractivity contribution in [3.05, 3.63) is 42.0 Å². The van der Waals surface area contributed by atoms with E-state index in [1.165, 1.54) is 13.8 Å². The summed E-state index contributed by atoms with van der Waals surface area (Å²) in [5.41, 5.74) is 0.991. The summed E-state index contributed by atoms with van der Waals surface area (Å²) in [4.78, 5) is 22.3. The number of carbonyl (C=O) groups excluding carboxylic acids is 2. The highest BCUT2D eigenvalue weighted by atomic mass is 16.1. The molecule has 0 aliphatic carbocycles. The van der Waals surface area contributed by atoms with Crippen LogP contribution in [0, 0.1) is 5.92 Å². The third kappa shape index (κ3) is 3.50. The quantitative estimate of drug-likeness (QED) is 0.703. The van der Waals surface area contributed by atoms with Crippen LogP contribution in [0.1, 0.15) is 19.4 Å². The minimum atomic E-state index is -0.606. The fourth-order valence-corrected chi connectivity index (χ4v) is 1.33. The molecule has 1 aromatic carbocycles. The monoisotopic (exact) mass is 202 g/mol. The number of hydrogen-bond donors (Lipinski definition) is 0. The average Bonchev–Trinajstić information content (AvgIpc) is 2.18. The number of benzene rings is 1. The van der Waals surface area contributed by atoms with Gasteiger partial charge < -0.3 is 0 Å². The molecule has 0 aromatic heterocycles. The first kappa shape index (κ1) is 11.4. The van der Waals surface area contributed by atoms with E-state index in [9.17, 15) is 9.59 Å². The van der Waals surface area contributed by atoms with E-state index in [0.29, 0.717) is 0 Å². The molecule has 0 saturated heterocycles. The Bertz CT molecular complexity index is 363. The average molecular weight is 202 g/mol. The lowest BCUT2D eigenvalue weighted by molar-refractivity contribution is -0.128. The van der Waals surface area contributed by atoms with Gasteiger partial charge in [0, 0.05) is 0 Å². The van der Waals surface area contributed by atoms with E-state index >= 15 is 0 Å². The molecule has 2 nitrogen and oxygen atoms in total. The summed E-state index contributed by atoms with van der Waals surface area (Å²) in [6, 6.07) is 9.60. The maximum absolute atomic E-state index is 11.1. The van der Waals surface area contributed by atoms with Gasteiger partial charge >= 0.3 is 0 Å². The molecule has 0 amide bonds. The topological polar surface area (TPSA) is 34.1 Å². The van der Waals surface area contributed by atoms with E-state index in [1.807, 2.05) is 30.3 Å². The number of ketones is 2. The van der Waals surface area contributed by atoms with E-state index in [2.05, 4.69) is 0 Å². The molecule has 1 aromatic rings. The third-order valence-electron chi connectivity index (χ3n) is 2.16. The molecule has 15 heavy (non-hydrogen) atoms. The van der Waals surface area contributed by atoms with Crippen molar-refractivity contribution in [3.8, 4) is 0 Å². The Hall–Kier alpha value is -1.70. The molecule has 2 heteroatoms. The SMILES string of the molecule is CC(=O)C(/C=C/c1ccccc1)C(C)=O. The Morgan fingerprint density at radius 1 is 1.07 bits per heavy atom. The maximum Gasteiger partial charge on any atom is 0.144 e. The van der Waals surface area contributed by atoms with Gasteiger partial charge in [-0.25, -0.2) is 0 Å². The predicted octanol–water partition coefficient (Wildman–Crippen LogP) is 2.49. The van der Waals surface area contributed by atoms with Gasteiger partial charge in [-0.3, -0.25) is 9.59 Å². The molecule has 0 fully saturated rings. The molecule has 0 spiro atoms. The Balaban J connectivity index is 2.79. The summed E-state index contributed by atoms with van der Waals surface area (Å²) in [6.07, 6.45) is 3.45. The smallest absolute Gasteiger partial charge is 0.144 e. The summed E-state index contributed by atoms with van der Waals surface area (Å²) in [5, 5.41) is 0. The van der Waals surface area contributed by atoms with E-state index in [0.717, 1.165) is 5.56 Å². The summed E-state index contributed by atoms with van der Waals surface area (Å²) in [7, 11) is 0. The zero-order chi connectivity index (χ0) is 11.3. The van der Waals surface area contributed by atoms with Crippen molar-refractivity contribution < 1.29 is 9.59 Å². The zero-order valence-corrected chi connectivity index (χ0v) is 8.94. The molecular formula is C13H14O2. The fraction of sp³-hybridized carbons (Fsp3) is 0.231. The predicted molar refractivity (Wildman–Crippen MR) is 60.3 cm³/mol. The molecule has 0 bridgehead atoms. The van der Waals surface area contributed by atoms with Crippen LogP contribution in [0.15, 0.2) is 36.4 Å². The molecule has 0 N–H and O–H groups in total. The van der Waals surface area contributed by atoms with Crippen LogP contribution in [-0.2, 0) is 9.59 Å². The summed E-state index contributed by atoms with van der Waals surface area (Å²) < 4.78 is 0. The highest BCUT2D eigenvalue weighted by molar-refractivity contribution is 6.02. The van der Waals surface area contributed by atoms with Crippen molar-refractivity contribution in [2.24, 2.45) is 5.92 Å². The number of hydrogen-bond acceptors (Lipinski definition) is 2. The zero-order valence-electron chi connectivity index (χ0n) is 8.94. The molecular weight excluding hydrogens is 188 g/mol. The van der Waals surface area contributed by atoms with Gasteiger partial charge in [0.1, 0.15) is 11.6 Å². The second-order valence-electron chi connectivity index (χ2n) is 3.47. The lowest BCUT2D eigenvalue weighted by Gasteiger charge is -2.02. The van der Waals surface area contributed by atoms with Crippen LogP contribution in [0.4, 0.5) is 0 Å². The van der Waals surface area contributed by atoms with Crippen LogP contribution in [0.25, 0.3) is 6.08 Å². The van der Waals surface area contributed by atoms with Crippen molar-refractivity contribution in [1.82, 2.24) is 0 Å². The van der Waals surface area contributed by atoms with Crippen molar-refractivity contribution in [3.63, 3.8) is 0 Å². The number of allylic oxidation sites excluding steroid dienone is 1. The second kappa shape index (κ2) is 5.25. The van der Waals surface area contributed by atoms with Gasteiger partial charge in [0.05, 0.1) is 5.92 Å². The van der Waals surface area contributed by atoms with Gasteiger partial charge in [-0.2, -0.15) is 0 Å². The highest BCUT2D eigenvalue weighted by Crippen LogP contribution is 2.07. The van der Waals surface area contributed by atoms with Gasteiger partial charge in [0.25, 0.3) is 0 Å². The van der Waals surface area contributed by atoms with Gasteiger partial charge in [0.2, 0.25) is 0 Å². The first-order valence-corrected chi connectivity index (χ1v) is 4.85. The van der Waals surface area contributed by atoms with Gasteiger partial charge in [-0.1, -0.05) is 42.5 Å². The minimum Gasteiger partial charge on any atom is -0.299 e. The van der Waals surface area contributed by atoms with Crippen LogP contribution >= 0.6 is 0 Å². The normalized spacial score (nSPS) is 10.9. The molecule has 0 radical (unpaired) electrons.